The number of carbonyl (C=O) groups is 1. The standard InChI is InChI=1S/C16H14FNO4S/c17-12-4-6-13(7-5-12)23(21,22)18-15-8-3-10-1-2-11(16(19)20)9-14(10)15/h1-2,4-7,9,15,18H,3,8H2,(H,19,20)/t15-/m1/s1. The lowest BCUT2D eigenvalue weighted by atomic mass is 10.0. The molecule has 120 valence electrons. The van der Waals surface area contributed by atoms with Gasteiger partial charge in [0.25, 0.3) is 0 Å². The fourth-order valence-electron chi connectivity index (χ4n) is 2.73. The van der Waals surface area contributed by atoms with Crippen LogP contribution in [0.2, 0.25) is 0 Å². The molecular formula is C16H14FNO4S. The first kappa shape index (κ1) is 15.6. The van der Waals surface area contributed by atoms with E-state index in [1.54, 1.807) is 6.07 Å². The first-order valence-electron chi connectivity index (χ1n) is 7.01. The van der Waals surface area contributed by atoms with Crippen LogP contribution in [0.25, 0.3) is 0 Å². The van der Waals surface area contributed by atoms with Crippen LogP contribution in [0.3, 0.4) is 0 Å². The smallest absolute Gasteiger partial charge is 0.335 e. The normalized spacial score (nSPS) is 17.0. The minimum absolute atomic E-state index is 0.0262. The third kappa shape index (κ3) is 3.11. The van der Waals surface area contributed by atoms with Crippen LogP contribution in [0.4, 0.5) is 4.39 Å². The van der Waals surface area contributed by atoms with Crippen molar-refractivity contribution in [1.29, 1.82) is 0 Å². The Kier molecular flexibility index (Phi) is 3.91. The highest BCUT2D eigenvalue weighted by Crippen LogP contribution is 2.33. The molecule has 2 aromatic rings. The summed E-state index contributed by atoms with van der Waals surface area (Å²) in [6.45, 7) is 0. The number of halogens is 1. The van der Waals surface area contributed by atoms with E-state index < -0.39 is 27.9 Å². The molecule has 0 fully saturated rings. The minimum Gasteiger partial charge on any atom is -0.478 e. The van der Waals surface area contributed by atoms with E-state index in [1.807, 2.05) is 0 Å². The van der Waals surface area contributed by atoms with E-state index in [2.05, 4.69) is 4.72 Å². The first-order chi connectivity index (χ1) is 10.9. The molecule has 3 rings (SSSR count). The van der Waals surface area contributed by atoms with Crippen LogP contribution in [-0.4, -0.2) is 19.5 Å². The van der Waals surface area contributed by atoms with Gasteiger partial charge in [-0.25, -0.2) is 22.3 Å². The third-order valence-corrected chi connectivity index (χ3v) is 5.38. The van der Waals surface area contributed by atoms with Gasteiger partial charge in [0.2, 0.25) is 10.0 Å². The van der Waals surface area contributed by atoms with Gasteiger partial charge in [-0.3, -0.25) is 0 Å². The number of rotatable bonds is 4. The number of carboxylic acids is 1. The van der Waals surface area contributed by atoms with Crippen molar-refractivity contribution in [2.75, 3.05) is 0 Å². The van der Waals surface area contributed by atoms with Gasteiger partial charge in [0, 0.05) is 6.04 Å². The molecule has 1 atom stereocenters. The third-order valence-electron chi connectivity index (χ3n) is 3.89. The number of hydrogen-bond donors (Lipinski definition) is 2. The number of aryl methyl sites for hydroxylation is 1. The van der Waals surface area contributed by atoms with E-state index in [1.165, 1.54) is 24.3 Å². The largest absolute Gasteiger partial charge is 0.478 e. The van der Waals surface area contributed by atoms with Gasteiger partial charge in [0.05, 0.1) is 10.5 Å². The Balaban J connectivity index is 1.89. The topological polar surface area (TPSA) is 83.5 Å². The van der Waals surface area contributed by atoms with E-state index in [0.717, 1.165) is 17.7 Å². The maximum Gasteiger partial charge on any atom is 0.335 e. The lowest BCUT2D eigenvalue weighted by molar-refractivity contribution is 0.0696. The number of nitrogens with one attached hydrogen (secondary N) is 1. The SMILES string of the molecule is O=C(O)c1ccc2c(c1)[C@H](NS(=O)(=O)c1ccc(F)cc1)CC2. The Morgan fingerprint density at radius 3 is 2.52 bits per heavy atom. The summed E-state index contributed by atoms with van der Waals surface area (Å²) in [6.07, 6.45) is 1.23. The van der Waals surface area contributed by atoms with Crippen LogP contribution in [0.5, 0.6) is 0 Å². The molecule has 23 heavy (non-hydrogen) atoms. The Hall–Kier alpha value is -2.25. The molecule has 0 unspecified atom stereocenters. The molecule has 0 aromatic heterocycles. The summed E-state index contributed by atoms with van der Waals surface area (Å²) >= 11 is 0. The summed E-state index contributed by atoms with van der Waals surface area (Å²) < 4.78 is 40.3. The molecule has 0 radical (unpaired) electrons. The van der Waals surface area contributed by atoms with Crippen molar-refractivity contribution >= 4 is 16.0 Å². The summed E-state index contributed by atoms with van der Waals surface area (Å²) in [5, 5.41) is 9.06. The summed E-state index contributed by atoms with van der Waals surface area (Å²) in [5.41, 5.74) is 1.73. The van der Waals surface area contributed by atoms with Crippen molar-refractivity contribution in [3.05, 3.63) is 65.0 Å². The minimum atomic E-state index is -3.80. The fourth-order valence-corrected chi connectivity index (χ4v) is 3.98. The molecule has 0 saturated carbocycles. The van der Waals surface area contributed by atoms with Gasteiger partial charge >= 0.3 is 5.97 Å². The van der Waals surface area contributed by atoms with E-state index in [-0.39, 0.29) is 10.5 Å². The Morgan fingerprint density at radius 1 is 1.17 bits per heavy atom. The molecule has 0 bridgehead atoms. The molecule has 1 aliphatic rings. The van der Waals surface area contributed by atoms with Gasteiger partial charge < -0.3 is 5.11 Å². The van der Waals surface area contributed by atoms with Gasteiger partial charge in [-0.2, -0.15) is 0 Å². The van der Waals surface area contributed by atoms with Crippen molar-refractivity contribution in [2.24, 2.45) is 0 Å². The number of hydrogen-bond acceptors (Lipinski definition) is 3. The number of carboxylic acid groups (broad SMARTS) is 1. The second-order valence-electron chi connectivity index (χ2n) is 5.39. The van der Waals surface area contributed by atoms with Gasteiger partial charge in [-0.05, 0) is 60.4 Å². The van der Waals surface area contributed by atoms with Crippen molar-refractivity contribution in [3.8, 4) is 0 Å². The van der Waals surface area contributed by atoms with E-state index in [4.69, 9.17) is 5.11 Å². The molecule has 2 aromatic carbocycles. The molecule has 0 amide bonds. The second kappa shape index (κ2) is 5.75. The lowest BCUT2D eigenvalue weighted by Gasteiger charge is -2.15. The second-order valence-corrected chi connectivity index (χ2v) is 7.10. The average molecular weight is 335 g/mol. The Labute approximate surface area is 132 Å². The van der Waals surface area contributed by atoms with Crippen molar-refractivity contribution in [2.45, 2.75) is 23.8 Å². The van der Waals surface area contributed by atoms with Gasteiger partial charge in [0.15, 0.2) is 0 Å². The molecule has 7 heteroatoms. The van der Waals surface area contributed by atoms with Crippen LogP contribution >= 0.6 is 0 Å². The Morgan fingerprint density at radius 2 is 1.87 bits per heavy atom. The molecule has 2 N–H and O–H groups in total. The fraction of sp³-hybridized carbons (Fsp3) is 0.188. The monoisotopic (exact) mass is 335 g/mol. The maximum atomic E-state index is 12.9. The van der Waals surface area contributed by atoms with Crippen molar-refractivity contribution in [3.63, 3.8) is 0 Å². The number of fused-ring (bicyclic) bond motifs is 1. The predicted molar refractivity (Wildman–Crippen MR) is 81.2 cm³/mol. The zero-order valence-electron chi connectivity index (χ0n) is 12.0. The molecule has 1 aliphatic carbocycles. The van der Waals surface area contributed by atoms with E-state index >= 15 is 0 Å². The lowest BCUT2D eigenvalue weighted by Crippen LogP contribution is -2.27. The molecule has 0 saturated heterocycles. The maximum absolute atomic E-state index is 12.9. The average Bonchev–Trinajstić information content (AvgIpc) is 2.89. The number of benzene rings is 2. The highest BCUT2D eigenvalue weighted by molar-refractivity contribution is 7.89. The molecule has 0 spiro atoms. The summed E-state index contributed by atoms with van der Waals surface area (Å²) in [5.74, 6) is -1.57. The van der Waals surface area contributed by atoms with E-state index in [9.17, 15) is 17.6 Å². The van der Waals surface area contributed by atoms with Gasteiger partial charge in [0.1, 0.15) is 5.82 Å². The zero-order chi connectivity index (χ0) is 16.6. The van der Waals surface area contributed by atoms with Crippen LogP contribution in [0.15, 0.2) is 47.4 Å². The predicted octanol–water partition coefficient (Wildman–Crippen LogP) is 2.49. The summed E-state index contributed by atoms with van der Waals surface area (Å²) in [6, 6.07) is 8.80. The first-order valence-corrected chi connectivity index (χ1v) is 8.49. The quantitative estimate of drug-likeness (QED) is 0.899. The highest BCUT2D eigenvalue weighted by atomic mass is 32.2. The van der Waals surface area contributed by atoms with Crippen LogP contribution < -0.4 is 4.72 Å². The molecule has 0 heterocycles. The molecular weight excluding hydrogens is 321 g/mol. The number of sulfonamides is 1. The van der Waals surface area contributed by atoms with Crippen LogP contribution in [0.1, 0.15) is 33.9 Å². The summed E-state index contributed by atoms with van der Waals surface area (Å²) in [4.78, 5) is 11.0. The Bertz CT molecular complexity index is 862. The van der Waals surface area contributed by atoms with Crippen LogP contribution in [0, 0.1) is 5.82 Å². The van der Waals surface area contributed by atoms with Crippen molar-refractivity contribution < 1.29 is 22.7 Å². The van der Waals surface area contributed by atoms with E-state index in [0.29, 0.717) is 18.4 Å². The van der Waals surface area contributed by atoms with Crippen LogP contribution in [-0.2, 0) is 16.4 Å². The zero-order valence-corrected chi connectivity index (χ0v) is 12.8. The summed E-state index contributed by atoms with van der Waals surface area (Å²) in [7, 11) is -3.80. The molecule has 0 aliphatic heterocycles. The van der Waals surface area contributed by atoms with Gasteiger partial charge in [-0.1, -0.05) is 6.07 Å². The molecule has 5 nitrogen and oxygen atoms in total. The van der Waals surface area contributed by atoms with Crippen molar-refractivity contribution in [1.82, 2.24) is 4.72 Å². The highest BCUT2D eigenvalue weighted by Gasteiger charge is 2.28. The van der Waals surface area contributed by atoms with Gasteiger partial charge in [-0.15, -0.1) is 0 Å². The number of aromatic carboxylic acids is 1.